The maximum Gasteiger partial charge on any atom is 0.188 e. The van der Waals surface area contributed by atoms with E-state index in [1.54, 1.807) is 11.9 Å². The maximum atomic E-state index is 6.88. The first-order valence-electron chi connectivity index (χ1n) is 2.53. The number of nitrogens with one attached hydrogen (secondary N) is 1. The van der Waals surface area contributed by atoms with E-state index < -0.39 is 0 Å². The molecule has 0 rings (SSSR count). The average Bonchev–Trinajstić information content (AvgIpc) is 1.67. The second-order valence-electron chi connectivity index (χ2n) is 1.66. The van der Waals surface area contributed by atoms with Crippen molar-refractivity contribution >= 4 is 5.96 Å². The van der Waals surface area contributed by atoms with E-state index in [9.17, 15) is 0 Å². The lowest BCUT2D eigenvalue weighted by atomic mass is 10.4. The van der Waals surface area contributed by atoms with Crippen molar-refractivity contribution in [3.8, 4) is 0 Å². The Morgan fingerprint density at radius 1 is 1.88 bits per heavy atom. The lowest BCUT2D eigenvalue weighted by Crippen LogP contribution is -2.33. The van der Waals surface area contributed by atoms with Gasteiger partial charge in [-0.25, -0.2) is 0 Å². The van der Waals surface area contributed by atoms with Crippen LogP contribution in [0.1, 0.15) is 6.42 Å². The maximum absolute atomic E-state index is 6.88. The van der Waals surface area contributed by atoms with Crippen LogP contribution in [-0.4, -0.2) is 24.5 Å². The summed E-state index contributed by atoms with van der Waals surface area (Å²) in [5.74, 6) is 0.105. The SMILES string of the molecule is [CH2]CCN(C)C(=N)N. The summed E-state index contributed by atoms with van der Waals surface area (Å²) in [7, 11) is 1.77. The number of hydrogen-bond donors (Lipinski definition) is 2. The van der Waals surface area contributed by atoms with Gasteiger partial charge in [0, 0.05) is 13.6 Å². The molecule has 0 aromatic heterocycles. The highest BCUT2D eigenvalue weighted by molar-refractivity contribution is 5.74. The topological polar surface area (TPSA) is 53.1 Å². The monoisotopic (exact) mass is 114 g/mol. The van der Waals surface area contributed by atoms with Crippen LogP contribution in [0.4, 0.5) is 0 Å². The Morgan fingerprint density at radius 2 is 2.38 bits per heavy atom. The van der Waals surface area contributed by atoms with Gasteiger partial charge in [-0.15, -0.1) is 0 Å². The van der Waals surface area contributed by atoms with Crippen molar-refractivity contribution in [2.75, 3.05) is 13.6 Å². The van der Waals surface area contributed by atoms with Crippen molar-refractivity contribution in [2.45, 2.75) is 6.42 Å². The quantitative estimate of drug-likeness (QED) is 0.393. The minimum absolute atomic E-state index is 0.105. The lowest BCUT2D eigenvalue weighted by Gasteiger charge is -2.13. The van der Waals surface area contributed by atoms with E-state index in [1.807, 2.05) is 0 Å². The molecule has 0 unspecified atom stereocenters. The Morgan fingerprint density at radius 3 is 2.50 bits per heavy atom. The average molecular weight is 114 g/mol. The van der Waals surface area contributed by atoms with Gasteiger partial charge in [-0.1, -0.05) is 6.92 Å². The highest BCUT2D eigenvalue weighted by Gasteiger charge is 1.93. The summed E-state index contributed by atoms with van der Waals surface area (Å²) in [4.78, 5) is 1.65. The molecule has 0 saturated heterocycles. The third-order valence-electron chi connectivity index (χ3n) is 0.905. The van der Waals surface area contributed by atoms with Crippen LogP contribution in [0.5, 0.6) is 0 Å². The zero-order valence-corrected chi connectivity index (χ0v) is 5.15. The van der Waals surface area contributed by atoms with Gasteiger partial charge in [-0.05, 0) is 6.42 Å². The van der Waals surface area contributed by atoms with Gasteiger partial charge in [0.25, 0.3) is 0 Å². The lowest BCUT2D eigenvalue weighted by molar-refractivity contribution is 0.503. The van der Waals surface area contributed by atoms with Gasteiger partial charge < -0.3 is 10.6 Å². The molecule has 0 amide bonds. The number of rotatable bonds is 2. The Kier molecular flexibility index (Phi) is 2.99. The van der Waals surface area contributed by atoms with Crippen molar-refractivity contribution in [2.24, 2.45) is 5.73 Å². The number of hydrogen-bond acceptors (Lipinski definition) is 1. The van der Waals surface area contributed by atoms with Crippen LogP contribution in [0.3, 0.4) is 0 Å². The summed E-state index contributed by atoms with van der Waals surface area (Å²) in [6.07, 6.45) is 0.788. The molecular weight excluding hydrogens is 102 g/mol. The van der Waals surface area contributed by atoms with Crippen molar-refractivity contribution in [3.05, 3.63) is 6.92 Å². The molecule has 0 aromatic rings. The standard InChI is InChI=1S/C5H12N3/c1-3-4-8(2)5(6)7/h1,3-4H2,2H3,(H3,6,7). The van der Waals surface area contributed by atoms with Crippen LogP contribution >= 0.6 is 0 Å². The molecular formula is C5H12N3. The zero-order valence-electron chi connectivity index (χ0n) is 5.15. The Hall–Kier alpha value is -0.730. The minimum Gasteiger partial charge on any atom is -0.370 e. The fourth-order valence-corrected chi connectivity index (χ4v) is 0.358. The van der Waals surface area contributed by atoms with E-state index in [2.05, 4.69) is 6.92 Å². The van der Waals surface area contributed by atoms with Crippen molar-refractivity contribution in [1.29, 1.82) is 5.41 Å². The second-order valence-corrected chi connectivity index (χ2v) is 1.66. The molecule has 0 atom stereocenters. The molecule has 8 heavy (non-hydrogen) atoms. The number of guanidine groups is 1. The summed E-state index contributed by atoms with van der Waals surface area (Å²) >= 11 is 0. The normalized spacial score (nSPS) is 8.75. The van der Waals surface area contributed by atoms with Gasteiger partial charge in [-0.2, -0.15) is 0 Å². The highest BCUT2D eigenvalue weighted by atomic mass is 15.2. The molecule has 0 aliphatic carbocycles. The van der Waals surface area contributed by atoms with Crippen LogP contribution in [0, 0.1) is 12.3 Å². The van der Waals surface area contributed by atoms with E-state index in [1.165, 1.54) is 0 Å². The van der Waals surface area contributed by atoms with Crippen LogP contribution in [0.2, 0.25) is 0 Å². The smallest absolute Gasteiger partial charge is 0.188 e. The molecule has 0 heterocycles. The third-order valence-corrected chi connectivity index (χ3v) is 0.905. The largest absolute Gasteiger partial charge is 0.370 e. The minimum atomic E-state index is 0.105. The Balaban J connectivity index is 3.32. The second kappa shape index (κ2) is 3.29. The van der Waals surface area contributed by atoms with Gasteiger partial charge in [0.15, 0.2) is 5.96 Å². The third kappa shape index (κ3) is 2.44. The molecule has 3 N–H and O–H groups in total. The van der Waals surface area contributed by atoms with Crippen molar-refractivity contribution in [3.63, 3.8) is 0 Å². The molecule has 0 aliphatic heterocycles. The van der Waals surface area contributed by atoms with Crippen molar-refractivity contribution in [1.82, 2.24) is 4.90 Å². The first-order valence-corrected chi connectivity index (χ1v) is 2.53. The first-order chi connectivity index (χ1) is 3.68. The molecule has 3 heteroatoms. The number of nitrogens with zero attached hydrogens (tertiary/aromatic N) is 1. The predicted molar refractivity (Wildman–Crippen MR) is 34.5 cm³/mol. The molecule has 0 aromatic carbocycles. The van der Waals surface area contributed by atoms with E-state index >= 15 is 0 Å². The molecule has 0 aliphatic rings. The molecule has 3 nitrogen and oxygen atoms in total. The van der Waals surface area contributed by atoms with Gasteiger partial charge >= 0.3 is 0 Å². The Bertz CT molecular complexity index is 79.7. The van der Waals surface area contributed by atoms with Crippen molar-refractivity contribution < 1.29 is 0 Å². The van der Waals surface area contributed by atoms with E-state index in [0.717, 1.165) is 13.0 Å². The van der Waals surface area contributed by atoms with Crippen LogP contribution < -0.4 is 5.73 Å². The van der Waals surface area contributed by atoms with Crippen LogP contribution in [0.25, 0.3) is 0 Å². The highest BCUT2D eigenvalue weighted by Crippen LogP contribution is 1.81. The molecule has 1 radical (unpaired) electrons. The molecule has 47 valence electrons. The fourth-order valence-electron chi connectivity index (χ4n) is 0.358. The fraction of sp³-hybridized carbons (Fsp3) is 0.600. The first kappa shape index (κ1) is 7.27. The Labute approximate surface area is 50.0 Å². The summed E-state index contributed by atoms with van der Waals surface area (Å²) in [6, 6.07) is 0. The molecule has 0 saturated carbocycles. The molecule has 0 fully saturated rings. The van der Waals surface area contributed by atoms with Gasteiger partial charge in [0.1, 0.15) is 0 Å². The number of nitrogens with two attached hydrogens (primary N) is 1. The summed E-state index contributed by atoms with van der Waals surface area (Å²) in [5.41, 5.74) is 5.10. The van der Waals surface area contributed by atoms with Gasteiger partial charge in [0.2, 0.25) is 0 Å². The molecule has 0 spiro atoms. The van der Waals surface area contributed by atoms with E-state index in [-0.39, 0.29) is 5.96 Å². The summed E-state index contributed by atoms with van der Waals surface area (Å²) in [6.45, 7) is 4.37. The van der Waals surface area contributed by atoms with Gasteiger partial charge in [0.05, 0.1) is 0 Å². The van der Waals surface area contributed by atoms with Gasteiger partial charge in [-0.3, -0.25) is 5.41 Å². The van der Waals surface area contributed by atoms with E-state index in [0.29, 0.717) is 0 Å². The zero-order chi connectivity index (χ0) is 6.57. The van der Waals surface area contributed by atoms with E-state index in [4.69, 9.17) is 11.1 Å². The molecule has 0 bridgehead atoms. The van der Waals surface area contributed by atoms with Crippen LogP contribution in [0.15, 0.2) is 0 Å². The predicted octanol–water partition coefficient (Wildman–Crippen LogP) is 0.0359. The summed E-state index contributed by atoms with van der Waals surface area (Å²) < 4.78 is 0. The summed E-state index contributed by atoms with van der Waals surface area (Å²) in [5, 5.41) is 6.88. The van der Waals surface area contributed by atoms with Crippen LogP contribution in [-0.2, 0) is 0 Å².